The van der Waals surface area contributed by atoms with Gasteiger partial charge in [-0.15, -0.1) is 11.3 Å². The highest BCUT2D eigenvalue weighted by molar-refractivity contribution is 7.20. The van der Waals surface area contributed by atoms with Gasteiger partial charge < -0.3 is 10.1 Å². The zero-order valence-electron chi connectivity index (χ0n) is 13.3. The van der Waals surface area contributed by atoms with Crippen molar-refractivity contribution < 1.29 is 19.1 Å². The van der Waals surface area contributed by atoms with Gasteiger partial charge in [0.05, 0.1) is 18.3 Å². The molecule has 3 amide bonds. The summed E-state index contributed by atoms with van der Waals surface area (Å²) in [4.78, 5) is 52.1. The molecular formula is C14H16N4O5S. The summed E-state index contributed by atoms with van der Waals surface area (Å²) in [5, 5.41) is 4.56. The Balaban J connectivity index is 2.38. The van der Waals surface area contributed by atoms with E-state index >= 15 is 0 Å². The molecule has 0 fully saturated rings. The number of carbonyl (C=O) groups excluding carboxylic acids is 3. The number of carbonyl (C=O) groups is 3. The van der Waals surface area contributed by atoms with E-state index in [0.717, 1.165) is 15.9 Å². The Kier molecular flexibility index (Phi) is 5.29. The van der Waals surface area contributed by atoms with E-state index in [1.807, 2.05) is 0 Å². The monoisotopic (exact) mass is 352 g/mol. The van der Waals surface area contributed by atoms with Crippen LogP contribution in [-0.2, 0) is 16.1 Å². The molecule has 0 aromatic carbocycles. The van der Waals surface area contributed by atoms with Gasteiger partial charge in [0.25, 0.3) is 5.56 Å². The molecule has 10 heteroatoms. The number of rotatable bonds is 4. The molecule has 0 spiro atoms. The van der Waals surface area contributed by atoms with E-state index in [-0.39, 0.29) is 18.5 Å². The summed E-state index contributed by atoms with van der Waals surface area (Å²) in [6, 6.07) is -0.668. The molecule has 0 saturated heterocycles. The van der Waals surface area contributed by atoms with Crippen LogP contribution in [0.3, 0.4) is 0 Å². The fourth-order valence-electron chi connectivity index (χ4n) is 2.05. The SMILES string of the molecule is CCOC(=O)c1sc2ncn(CC(=O)NC(=O)NC)c(=O)c2c1C. The second-order valence-corrected chi connectivity index (χ2v) is 5.76. The lowest BCUT2D eigenvalue weighted by Crippen LogP contribution is -2.40. The van der Waals surface area contributed by atoms with Gasteiger partial charge in [-0.3, -0.25) is 19.5 Å². The maximum atomic E-state index is 12.5. The second-order valence-electron chi connectivity index (χ2n) is 4.76. The van der Waals surface area contributed by atoms with Crippen molar-refractivity contribution >= 4 is 39.5 Å². The number of nitrogens with one attached hydrogen (secondary N) is 2. The molecule has 2 N–H and O–H groups in total. The topological polar surface area (TPSA) is 119 Å². The number of ether oxygens (including phenoxy) is 1. The van der Waals surface area contributed by atoms with E-state index in [1.54, 1.807) is 13.8 Å². The molecule has 128 valence electrons. The molecule has 2 rings (SSSR count). The first-order valence-electron chi connectivity index (χ1n) is 7.06. The molecule has 9 nitrogen and oxygen atoms in total. The lowest BCUT2D eigenvalue weighted by Gasteiger charge is -2.06. The van der Waals surface area contributed by atoms with Crippen LogP contribution in [0.15, 0.2) is 11.1 Å². The van der Waals surface area contributed by atoms with E-state index in [9.17, 15) is 19.2 Å². The highest BCUT2D eigenvalue weighted by atomic mass is 32.1. The average molecular weight is 352 g/mol. The van der Waals surface area contributed by atoms with Gasteiger partial charge in [-0.25, -0.2) is 14.6 Å². The number of esters is 1. The predicted molar refractivity (Wildman–Crippen MR) is 87.2 cm³/mol. The molecule has 2 heterocycles. The third-order valence-electron chi connectivity index (χ3n) is 3.17. The van der Waals surface area contributed by atoms with E-state index < -0.39 is 23.5 Å². The largest absolute Gasteiger partial charge is 0.462 e. The van der Waals surface area contributed by atoms with Gasteiger partial charge in [0.2, 0.25) is 5.91 Å². The smallest absolute Gasteiger partial charge is 0.348 e. The van der Waals surface area contributed by atoms with Crippen LogP contribution in [0.4, 0.5) is 4.79 Å². The number of aryl methyl sites for hydroxylation is 1. The zero-order valence-corrected chi connectivity index (χ0v) is 14.2. The number of hydrogen-bond donors (Lipinski definition) is 2. The summed E-state index contributed by atoms with van der Waals surface area (Å²) < 4.78 is 6.03. The van der Waals surface area contributed by atoms with Crippen LogP contribution in [-0.4, -0.2) is 41.1 Å². The van der Waals surface area contributed by atoms with E-state index in [1.165, 1.54) is 13.4 Å². The van der Waals surface area contributed by atoms with Crippen molar-refractivity contribution in [2.75, 3.05) is 13.7 Å². The standard InChI is InChI=1S/C14H16N4O5S/c1-4-23-13(21)10-7(2)9-11(24-10)16-6-18(12(9)20)5-8(19)17-14(22)15-3/h6H,4-5H2,1-3H3,(H2,15,17,19,22). The van der Waals surface area contributed by atoms with Crippen molar-refractivity contribution in [3.8, 4) is 0 Å². The molecule has 0 aliphatic rings. The maximum Gasteiger partial charge on any atom is 0.348 e. The predicted octanol–water partition coefficient (Wildman–Crippen LogP) is 0.399. The quantitative estimate of drug-likeness (QED) is 0.769. The number of hydrogen-bond acceptors (Lipinski definition) is 7. The highest BCUT2D eigenvalue weighted by Gasteiger charge is 2.20. The van der Waals surface area contributed by atoms with Gasteiger partial charge in [-0.2, -0.15) is 0 Å². The molecule has 24 heavy (non-hydrogen) atoms. The molecule has 2 aromatic heterocycles. The van der Waals surface area contributed by atoms with Gasteiger partial charge in [0, 0.05) is 7.05 Å². The highest BCUT2D eigenvalue weighted by Crippen LogP contribution is 2.27. The van der Waals surface area contributed by atoms with Crippen LogP contribution in [0.2, 0.25) is 0 Å². The van der Waals surface area contributed by atoms with Crippen LogP contribution >= 0.6 is 11.3 Å². The Bertz CT molecular complexity index is 870. The molecule has 0 radical (unpaired) electrons. The van der Waals surface area contributed by atoms with Crippen molar-refractivity contribution in [2.24, 2.45) is 0 Å². The fraction of sp³-hybridized carbons (Fsp3) is 0.357. The first-order chi connectivity index (χ1) is 11.4. The molecule has 0 saturated carbocycles. The zero-order chi connectivity index (χ0) is 17.9. The van der Waals surface area contributed by atoms with Crippen LogP contribution in [0, 0.1) is 6.92 Å². The van der Waals surface area contributed by atoms with Gasteiger partial charge in [0.15, 0.2) is 0 Å². The Morgan fingerprint density at radius 1 is 1.38 bits per heavy atom. The van der Waals surface area contributed by atoms with Crippen LogP contribution in [0.25, 0.3) is 10.2 Å². The van der Waals surface area contributed by atoms with Crippen molar-refractivity contribution in [3.63, 3.8) is 0 Å². The number of aromatic nitrogens is 2. The molecule has 0 bridgehead atoms. The Hall–Kier alpha value is -2.75. The van der Waals surface area contributed by atoms with Gasteiger partial charge in [-0.05, 0) is 19.4 Å². The van der Waals surface area contributed by atoms with Gasteiger partial charge in [-0.1, -0.05) is 0 Å². The minimum Gasteiger partial charge on any atom is -0.462 e. The lowest BCUT2D eigenvalue weighted by atomic mass is 10.2. The van der Waals surface area contributed by atoms with Crippen molar-refractivity contribution in [1.29, 1.82) is 0 Å². The summed E-state index contributed by atoms with van der Waals surface area (Å²) in [5.74, 6) is -1.17. The minimum absolute atomic E-state index is 0.226. The fourth-order valence-corrected chi connectivity index (χ4v) is 3.08. The summed E-state index contributed by atoms with van der Waals surface area (Å²) in [6.45, 7) is 3.18. The average Bonchev–Trinajstić information content (AvgIpc) is 2.88. The van der Waals surface area contributed by atoms with Crippen LogP contribution < -0.4 is 16.2 Å². The number of nitrogens with zero attached hydrogens (tertiary/aromatic N) is 2. The number of amides is 3. The third kappa shape index (κ3) is 3.43. The van der Waals surface area contributed by atoms with Crippen molar-refractivity contribution in [1.82, 2.24) is 20.2 Å². The van der Waals surface area contributed by atoms with E-state index in [4.69, 9.17) is 4.74 Å². The minimum atomic E-state index is -0.668. The summed E-state index contributed by atoms with van der Waals surface area (Å²) in [7, 11) is 1.37. The maximum absolute atomic E-state index is 12.5. The number of imide groups is 1. The molecular weight excluding hydrogens is 336 g/mol. The normalized spacial score (nSPS) is 10.5. The van der Waals surface area contributed by atoms with Crippen LogP contribution in [0.1, 0.15) is 22.2 Å². The summed E-state index contributed by atoms with van der Waals surface area (Å²) in [5.41, 5.74) is 0.00312. The van der Waals surface area contributed by atoms with Crippen molar-refractivity contribution in [2.45, 2.75) is 20.4 Å². The number of urea groups is 1. The van der Waals surface area contributed by atoms with Crippen molar-refractivity contribution in [3.05, 3.63) is 27.1 Å². The second kappa shape index (κ2) is 7.21. The van der Waals surface area contributed by atoms with Gasteiger partial charge in [0.1, 0.15) is 16.3 Å². The first kappa shape index (κ1) is 17.6. The molecule has 2 aromatic rings. The Morgan fingerprint density at radius 2 is 2.08 bits per heavy atom. The summed E-state index contributed by atoms with van der Waals surface area (Å²) >= 11 is 1.06. The van der Waals surface area contributed by atoms with E-state index in [0.29, 0.717) is 15.3 Å². The Labute approximate surface area is 140 Å². The molecule has 0 unspecified atom stereocenters. The van der Waals surface area contributed by atoms with E-state index in [2.05, 4.69) is 15.6 Å². The lowest BCUT2D eigenvalue weighted by molar-refractivity contribution is -0.120. The molecule has 0 atom stereocenters. The molecule has 0 aliphatic carbocycles. The number of fused-ring (bicyclic) bond motifs is 1. The Morgan fingerprint density at radius 3 is 2.71 bits per heavy atom. The summed E-state index contributed by atoms with van der Waals surface area (Å²) in [6.07, 6.45) is 1.21. The first-order valence-corrected chi connectivity index (χ1v) is 7.87. The number of thiophene rings is 1. The van der Waals surface area contributed by atoms with Crippen LogP contribution in [0.5, 0.6) is 0 Å². The molecule has 0 aliphatic heterocycles. The third-order valence-corrected chi connectivity index (χ3v) is 4.35. The van der Waals surface area contributed by atoms with Gasteiger partial charge >= 0.3 is 12.0 Å².